The van der Waals surface area contributed by atoms with E-state index in [1.54, 1.807) is 13.8 Å². The van der Waals surface area contributed by atoms with E-state index < -0.39 is 17.9 Å². The largest absolute Gasteiger partial charge is 0.466 e. The summed E-state index contributed by atoms with van der Waals surface area (Å²) in [6.07, 6.45) is -0.0934. The molecule has 0 saturated heterocycles. The number of hydrogen-bond donors (Lipinski definition) is 0. The van der Waals surface area contributed by atoms with E-state index in [2.05, 4.69) is 0 Å². The number of esters is 2. The Morgan fingerprint density at radius 3 is 2.00 bits per heavy atom. The molecule has 92 valence electrons. The fraction of sp³-hybridized carbons (Fsp3) is 0.727. The Balaban J connectivity index is 4.36. The van der Waals surface area contributed by atoms with Crippen LogP contribution in [0.25, 0.3) is 0 Å². The van der Waals surface area contributed by atoms with E-state index in [9.17, 15) is 14.4 Å². The zero-order valence-corrected chi connectivity index (χ0v) is 9.95. The Morgan fingerprint density at radius 1 is 1.00 bits per heavy atom. The Labute approximate surface area is 95.1 Å². The monoisotopic (exact) mass is 230 g/mol. The van der Waals surface area contributed by atoms with Crippen LogP contribution in [0, 0.1) is 5.92 Å². The maximum atomic E-state index is 11.4. The molecule has 5 nitrogen and oxygen atoms in total. The van der Waals surface area contributed by atoms with Gasteiger partial charge >= 0.3 is 11.9 Å². The summed E-state index contributed by atoms with van der Waals surface area (Å²) in [7, 11) is 0. The van der Waals surface area contributed by atoms with Crippen LogP contribution in [0.4, 0.5) is 0 Å². The maximum absolute atomic E-state index is 11.4. The molecule has 0 bridgehead atoms. The minimum Gasteiger partial charge on any atom is -0.466 e. The average Bonchev–Trinajstić information content (AvgIpc) is 2.16. The standard InChI is InChI=1S/C11H18O5/c1-4-15-10(13)7-9(6-8(3)12)11(14)16-5-2/h9H,4-7H2,1-3H3/t9-/m0/s1. The molecule has 0 aliphatic carbocycles. The minimum atomic E-state index is -0.725. The highest BCUT2D eigenvalue weighted by molar-refractivity contribution is 5.86. The quantitative estimate of drug-likeness (QED) is 0.612. The Morgan fingerprint density at radius 2 is 1.56 bits per heavy atom. The number of carbonyl (C=O) groups is 3. The first-order valence-corrected chi connectivity index (χ1v) is 5.32. The molecule has 16 heavy (non-hydrogen) atoms. The SMILES string of the molecule is CCOC(=O)C[C@H](CC(C)=O)C(=O)OCC. The fourth-order valence-corrected chi connectivity index (χ4v) is 1.27. The predicted octanol–water partition coefficient (Wildman–Crippen LogP) is 1.10. The molecule has 0 unspecified atom stereocenters. The lowest BCUT2D eigenvalue weighted by molar-refractivity contribution is -0.155. The van der Waals surface area contributed by atoms with Crippen LogP contribution < -0.4 is 0 Å². The summed E-state index contributed by atoms with van der Waals surface area (Å²) in [5, 5.41) is 0. The van der Waals surface area contributed by atoms with Gasteiger partial charge in [0, 0.05) is 6.42 Å². The van der Waals surface area contributed by atoms with Gasteiger partial charge in [-0.2, -0.15) is 0 Å². The highest BCUT2D eigenvalue weighted by atomic mass is 16.5. The van der Waals surface area contributed by atoms with Crippen LogP contribution in [0.3, 0.4) is 0 Å². The molecule has 0 aliphatic heterocycles. The van der Waals surface area contributed by atoms with Gasteiger partial charge < -0.3 is 14.3 Å². The maximum Gasteiger partial charge on any atom is 0.309 e. The average molecular weight is 230 g/mol. The van der Waals surface area contributed by atoms with Crippen LogP contribution in [0.15, 0.2) is 0 Å². The second-order valence-electron chi connectivity index (χ2n) is 3.36. The molecule has 0 radical (unpaired) electrons. The Hall–Kier alpha value is -1.39. The van der Waals surface area contributed by atoms with Gasteiger partial charge in [0.2, 0.25) is 0 Å². The third-order valence-electron chi connectivity index (χ3n) is 1.87. The van der Waals surface area contributed by atoms with Crippen LogP contribution in [0.2, 0.25) is 0 Å². The summed E-state index contributed by atoms with van der Waals surface area (Å²) in [5.41, 5.74) is 0. The first kappa shape index (κ1) is 14.6. The van der Waals surface area contributed by atoms with Gasteiger partial charge in [-0.3, -0.25) is 9.59 Å². The molecule has 0 aromatic carbocycles. The minimum absolute atomic E-state index is 0.0116. The van der Waals surface area contributed by atoms with Crippen molar-refractivity contribution in [2.24, 2.45) is 5.92 Å². The summed E-state index contributed by atoms with van der Waals surface area (Å²) in [5.74, 6) is -1.88. The van der Waals surface area contributed by atoms with Crippen LogP contribution in [0.5, 0.6) is 0 Å². The Bertz CT molecular complexity index is 259. The number of rotatable bonds is 7. The second-order valence-corrected chi connectivity index (χ2v) is 3.36. The van der Waals surface area contributed by atoms with Crippen LogP contribution in [0.1, 0.15) is 33.6 Å². The molecule has 5 heteroatoms. The molecular weight excluding hydrogens is 212 g/mol. The number of Topliss-reactive ketones (excluding diaryl/α,β-unsaturated/α-hetero) is 1. The molecule has 0 heterocycles. The van der Waals surface area contributed by atoms with E-state index in [-0.39, 0.29) is 31.8 Å². The van der Waals surface area contributed by atoms with Crippen molar-refractivity contribution in [1.82, 2.24) is 0 Å². The first-order chi connectivity index (χ1) is 7.51. The fourth-order valence-electron chi connectivity index (χ4n) is 1.27. The van der Waals surface area contributed by atoms with E-state index in [4.69, 9.17) is 9.47 Å². The predicted molar refractivity (Wildman–Crippen MR) is 56.7 cm³/mol. The van der Waals surface area contributed by atoms with Gasteiger partial charge in [0.25, 0.3) is 0 Å². The zero-order chi connectivity index (χ0) is 12.6. The van der Waals surface area contributed by atoms with Gasteiger partial charge in [-0.05, 0) is 20.8 Å². The molecule has 0 amide bonds. The van der Waals surface area contributed by atoms with Crippen molar-refractivity contribution in [3.63, 3.8) is 0 Å². The first-order valence-electron chi connectivity index (χ1n) is 5.32. The van der Waals surface area contributed by atoms with Crippen molar-refractivity contribution >= 4 is 17.7 Å². The lowest BCUT2D eigenvalue weighted by Gasteiger charge is -2.12. The highest BCUT2D eigenvalue weighted by Gasteiger charge is 2.25. The summed E-state index contributed by atoms with van der Waals surface area (Å²) in [4.78, 5) is 33.6. The van der Waals surface area contributed by atoms with E-state index in [1.165, 1.54) is 6.92 Å². The van der Waals surface area contributed by atoms with Gasteiger partial charge in [-0.1, -0.05) is 0 Å². The normalized spacial score (nSPS) is 11.7. The summed E-state index contributed by atoms with van der Waals surface area (Å²) >= 11 is 0. The topological polar surface area (TPSA) is 69.7 Å². The molecule has 0 rings (SSSR count). The molecule has 0 fully saturated rings. The van der Waals surface area contributed by atoms with Crippen LogP contribution >= 0.6 is 0 Å². The summed E-state index contributed by atoms with van der Waals surface area (Å²) in [6, 6.07) is 0. The van der Waals surface area contributed by atoms with Gasteiger partial charge in [-0.25, -0.2) is 0 Å². The highest BCUT2D eigenvalue weighted by Crippen LogP contribution is 2.12. The molecular formula is C11H18O5. The number of hydrogen-bond acceptors (Lipinski definition) is 5. The van der Waals surface area contributed by atoms with Crippen molar-refractivity contribution < 1.29 is 23.9 Å². The number of carbonyl (C=O) groups excluding carboxylic acids is 3. The summed E-state index contributed by atoms with van der Waals surface area (Å²) in [6.45, 7) is 5.22. The molecule has 1 atom stereocenters. The lowest BCUT2D eigenvalue weighted by Crippen LogP contribution is -2.24. The van der Waals surface area contributed by atoms with Gasteiger partial charge in [0.05, 0.1) is 25.6 Å². The molecule has 0 saturated carbocycles. The van der Waals surface area contributed by atoms with Crippen molar-refractivity contribution in [3.8, 4) is 0 Å². The van der Waals surface area contributed by atoms with Gasteiger partial charge in [0.1, 0.15) is 5.78 Å². The van der Waals surface area contributed by atoms with E-state index in [0.717, 1.165) is 0 Å². The third-order valence-corrected chi connectivity index (χ3v) is 1.87. The lowest BCUT2D eigenvalue weighted by atomic mass is 9.99. The van der Waals surface area contributed by atoms with Gasteiger partial charge in [0.15, 0.2) is 0 Å². The number of ether oxygens (including phenoxy) is 2. The molecule has 0 spiro atoms. The third kappa shape index (κ3) is 6.16. The van der Waals surface area contributed by atoms with E-state index >= 15 is 0 Å². The molecule has 0 aromatic heterocycles. The van der Waals surface area contributed by atoms with Crippen LogP contribution in [-0.2, 0) is 23.9 Å². The van der Waals surface area contributed by atoms with Crippen molar-refractivity contribution in [2.45, 2.75) is 33.6 Å². The van der Waals surface area contributed by atoms with E-state index in [0.29, 0.717) is 0 Å². The smallest absolute Gasteiger partial charge is 0.309 e. The van der Waals surface area contributed by atoms with Crippen LogP contribution in [-0.4, -0.2) is 30.9 Å². The zero-order valence-electron chi connectivity index (χ0n) is 9.95. The van der Waals surface area contributed by atoms with Crippen molar-refractivity contribution in [3.05, 3.63) is 0 Å². The van der Waals surface area contributed by atoms with Crippen molar-refractivity contribution in [1.29, 1.82) is 0 Å². The molecule has 0 aromatic rings. The van der Waals surface area contributed by atoms with Crippen molar-refractivity contribution in [2.75, 3.05) is 13.2 Å². The number of ketones is 1. The van der Waals surface area contributed by atoms with E-state index in [1.807, 2.05) is 0 Å². The van der Waals surface area contributed by atoms with Gasteiger partial charge in [-0.15, -0.1) is 0 Å². The molecule has 0 N–H and O–H groups in total. The summed E-state index contributed by atoms with van der Waals surface area (Å²) < 4.78 is 9.51. The molecule has 0 aliphatic rings. The Kier molecular flexibility index (Phi) is 7.16. The second kappa shape index (κ2) is 7.84.